The van der Waals surface area contributed by atoms with E-state index in [0.29, 0.717) is 5.56 Å². The van der Waals surface area contributed by atoms with Crippen molar-refractivity contribution >= 4 is 5.91 Å². The SMILES string of the molecule is O=C(N[C@@H]1CCN(Cc2ccccc2)C1)c1ccc(-c2cccc(F)c2)cc1. The first-order chi connectivity index (χ1) is 13.7. The molecule has 0 aromatic heterocycles. The van der Waals surface area contributed by atoms with Gasteiger partial charge in [-0.3, -0.25) is 9.69 Å². The van der Waals surface area contributed by atoms with Gasteiger partial charge in [-0.15, -0.1) is 0 Å². The Hall–Kier alpha value is -2.98. The Balaban J connectivity index is 1.34. The van der Waals surface area contributed by atoms with Crippen molar-refractivity contribution in [3.05, 3.63) is 95.8 Å². The van der Waals surface area contributed by atoms with Crippen LogP contribution in [0.15, 0.2) is 78.9 Å². The van der Waals surface area contributed by atoms with Gasteiger partial charge in [0.1, 0.15) is 5.82 Å². The lowest BCUT2D eigenvalue weighted by Gasteiger charge is -2.17. The summed E-state index contributed by atoms with van der Waals surface area (Å²) in [5.41, 5.74) is 3.62. The number of hydrogen-bond donors (Lipinski definition) is 1. The van der Waals surface area contributed by atoms with Crippen LogP contribution in [0.4, 0.5) is 4.39 Å². The number of amides is 1. The van der Waals surface area contributed by atoms with Crippen LogP contribution < -0.4 is 5.32 Å². The van der Waals surface area contributed by atoms with Crippen LogP contribution in [0.1, 0.15) is 22.3 Å². The van der Waals surface area contributed by atoms with Crippen molar-refractivity contribution in [3.8, 4) is 11.1 Å². The van der Waals surface area contributed by atoms with Gasteiger partial charge < -0.3 is 5.32 Å². The van der Waals surface area contributed by atoms with Gasteiger partial charge in [-0.05, 0) is 47.4 Å². The third-order valence-electron chi connectivity index (χ3n) is 5.16. The van der Waals surface area contributed by atoms with E-state index in [2.05, 4.69) is 34.5 Å². The number of hydrogen-bond acceptors (Lipinski definition) is 2. The molecule has 1 aliphatic rings. The first kappa shape index (κ1) is 18.4. The van der Waals surface area contributed by atoms with Gasteiger partial charge in [-0.2, -0.15) is 0 Å². The van der Waals surface area contributed by atoms with E-state index >= 15 is 0 Å². The van der Waals surface area contributed by atoms with Crippen LogP contribution in [-0.2, 0) is 6.54 Å². The molecular formula is C24H23FN2O. The normalized spacial score (nSPS) is 16.8. The molecule has 3 nitrogen and oxygen atoms in total. The lowest BCUT2D eigenvalue weighted by atomic mass is 10.0. The van der Waals surface area contributed by atoms with Gasteiger partial charge >= 0.3 is 0 Å². The molecule has 1 fully saturated rings. The Morgan fingerprint density at radius 2 is 1.75 bits per heavy atom. The van der Waals surface area contributed by atoms with Gasteiger partial charge in [0.25, 0.3) is 5.91 Å². The van der Waals surface area contributed by atoms with Crippen molar-refractivity contribution in [1.82, 2.24) is 10.2 Å². The van der Waals surface area contributed by atoms with E-state index in [1.807, 2.05) is 24.3 Å². The second kappa shape index (κ2) is 8.36. The van der Waals surface area contributed by atoms with Crippen LogP contribution in [0.2, 0.25) is 0 Å². The molecule has 4 rings (SSSR count). The minimum absolute atomic E-state index is 0.0580. The molecule has 28 heavy (non-hydrogen) atoms. The molecule has 0 radical (unpaired) electrons. The van der Waals surface area contributed by atoms with Crippen molar-refractivity contribution < 1.29 is 9.18 Å². The summed E-state index contributed by atoms with van der Waals surface area (Å²) >= 11 is 0. The van der Waals surface area contributed by atoms with E-state index in [4.69, 9.17) is 0 Å². The van der Waals surface area contributed by atoms with Crippen LogP contribution in [0.3, 0.4) is 0 Å². The van der Waals surface area contributed by atoms with Crippen molar-refractivity contribution in [2.75, 3.05) is 13.1 Å². The number of nitrogens with zero attached hydrogens (tertiary/aromatic N) is 1. The van der Waals surface area contributed by atoms with Gasteiger partial charge in [-0.25, -0.2) is 4.39 Å². The Bertz CT molecular complexity index is 940. The fourth-order valence-corrected chi connectivity index (χ4v) is 3.69. The molecule has 0 spiro atoms. The minimum atomic E-state index is -0.263. The number of halogens is 1. The number of carbonyl (C=O) groups excluding carboxylic acids is 1. The third kappa shape index (κ3) is 4.46. The highest BCUT2D eigenvalue weighted by Crippen LogP contribution is 2.21. The standard InChI is InChI=1S/C24H23FN2O/c25-22-8-4-7-21(15-22)19-9-11-20(12-10-19)24(28)26-23-13-14-27(17-23)16-18-5-2-1-3-6-18/h1-12,15,23H,13-14,16-17H2,(H,26,28)/t23-/m1/s1. The Kier molecular flexibility index (Phi) is 5.49. The maximum Gasteiger partial charge on any atom is 0.251 e. The van der Waals surface area contributed by atoms with Crippen LogP contribution >= 0.6 is 0 Å². The molecule has 0 unspecified atom stereocenters. The molecule has 0 bridgehead atoms. The predicted octanol–water partition coefficient (Wildman–Crippen LogP) is 4.50. The van der Waals surface area contributed by atoms with E-state index < -0.39 is 0 Å². The van der Waals surface area contributed by atoms with Crippen LogP contribution in [0.5, 0.6) is 0 Å². The zero-order valence-corrected chi connectivity index (χ0v) is 15.6. The number of benzene rings is 3. The molecule has 3 aromatic rings. The topological polar surface area (TPSA) is 32.3 Å². The second-order valence-electron chi connectivity index (χ2n) is 7.27. The Morgan fingerprint density at radius 3 is 2.50 bits per heavy atom. The summed E-state index contributed by atoms with van der Waals surface area (Å²) in [6.45, 7) is 2.76. The molecular weight excluding hydrogens is 351 g/mol. The average Bonchev–Trinajstić information content (AvgIpc) is 3.15. The zero-order chi connectivity index (χ0) is 19.3. The maximum atomic E-state index is 13.4. The van der Waals surface area contributed by atoms with E-state index in [1.54, 1.807) is 18.2 Å². The van der Waals surface area contributed by atoms with Crippen molar-refractivity contribution in [1.29, 1.82) is 0 Å². The Morgan fingerprint density at radius 1 is 0.964 bits per heavy atom. The van der Waals surface area contributed by atoms with Crippen LogP contribution in [0, 0.1) is 5.82 Å². The summed E-state index contributed by atoms with van der Waals surface area (Å²) in [7, 11) is 0. The van der Waals surface area contributed by atoms with Gasteiger partial charge in [0.2, 0.25) is 0 Å². The monoisotopic (exact) mass is 374 g/mol. The third-order valence-corrected chi connectivity index (χ3v) is 5.16. The highest BCUT2D eigenvalue weighted by atomic mass is 19.1. The molecule has 1 amide bonds. The van der Waals surface area contributed by atoms with Crippen molar-refractivity contribution in [3.63, 3.8) is 0 Å². The van der Waals surface area contributed by atoms with Gasteiger partial charge in [0.05, 0.1) is 0 Å². The first-order valence-corrected chi connectivity index (χ1v) is 9.60. The van der Waals surface area contributed by atoms with Crippen LogP contribution in [-0.4, -0.2) is 29.9 Å². The molecule has 1 saturated heterocycles. The fraction of sp³-hybridized carbons (Fsp3) is 0.208. The molecule has 3 aromatic carbocycles. The maximum absolute atomic E-state index is 13.4. The fourth-order valence-electron chi connectivity index (χ4n) is 3.69. The summed E-state index contributed by atoms with van der Waals surface area (Å²) in [4.78, 5) is 14.9. The largest absolute Gasteiger partial charge is 0.348 e. The van der Waals surface area contributed by atoms with Gasteiger partial charge in [0, 0.05) is 31.2 Å². The summed E-state index contributed by atoms with van der Waals surface area (Å²) in [6, 6.07) is 24.3. The summed E-state index contributed by atoms with van der Waals surface area (Å²) in [6.07, 6.45) is 0.958. The summed E-state index contributed by atoms with van der Waals surface area (Å²) < 4.78 is 13.4. The summed E-state index contributed by atoms with van der Waals surface area (Å²) in [5.74, 6) is -0.321. The van der Waals surface area contributed by atoms with E-state index in [-0.39, 0.29) is 17.8 Å². The molecule has 1 aliphatic heterocycles. The van der Waals surface area contributed by atoms with Crippen molar-refractivity contribution in [2.24, 2.45) is 0 Å². The highest BCUT2D eigenvalue weighted by molar-refractivity contribution is 5.94. The van der Waals surface area contributed by atoms with Crippen molar-refractivity contribution in [2.45, 2.75) is 19.0 Å². The molecule has 1 atom stereocenters. The Labute approximate surface area is 164 Å². The quantitative estimate of drug-likeness (QED) is 0.713. The number of nitrogens with one attached hydrogen (secondary N) is 1. The first-order valence-electron chi connectivity index (χ1n) is 9.60. The molecule has 0 saturated carbocycles. The van der Waals surface area contributed by atoms with E-state index in [9.17, 15) is 9.18 Å². The highest BCUT2D eigenvalue weighted by Gasteiger charge is 2.24. The summed E-state index contributed by atoms with van der Waals surface area (Å²) in [5, 5.41) is 3.14. The van der Waals surface area contributed by atoms with Gasteiger partial charge in [-0.1, -0.05) is 54.6 Å². The average molecular weight is 374 g/mol. The molecule has 142 valence electrons. The smallest absolute Gasteiger partial charge is 0.251 e. The second-order valence-corrected chi connectivity index (χ2v) is 7.27. The number of carbonyl (C=O) groups is 1. The van der Waals surface area contributed by atoms with E-state index in [0.717, 1.165) is 37.2 Å². The lowest BCUT2D eigenvalue weighted by molar-refractivity contribution is 0.0937. The minimum Gasteiger partial charge on any atom is -0.348 e. The number of likely N-dealkylation sites (tertiary alicyclic amines) is 1. The number of rotatable bonds is 5. The lowest BCUT2D eigenvalue weighted by Crippen LogP contribution is -2.36. The van der Waals surface area contributed by atoms with Gasteiger partial charge in [0.15, 0.2) is 0 Å². The zero-order valence-electron chi connectivity index (χ0n) is 15.6. The predicted molar refractivity (Wildman–Crippen MR) is 109 cm³/mol. The van der Waals surface area contributed by atoms with Crippen LogP contribution in [0.25, 0.3) is 11.1 Å². The molecule has 0 aliphatic carbocycles. The van der Waals surface area contributed by atoms with E-state index in [1.165, 1.54) is 17.7 Å². The molecule has 4 heteroatoms. The molecule has 1 heterocycles. The molecule has 1 N–H and O–H groups in total.